The van der Waals surface area contributed by atoms with E-state index in [1.54, 1.807) is 6.92 Å². The minimum absolute atomic E-state index is 0.0123. The first-order valence-corrected chi connectivity index (χ1v) is 5.34. The molecule has 0 bridgehead atoms. The van der Waals surface area contributed by atoms with Gasteiger partial charge in [-0.2, -0.15) is 0 Å². The number of thiocarbonyl (C=S) groups is 1. The zero-order chi connectivity index (χ0) is 13.0. The zero-order valence-electron chi connectivity index (χ0n) is 9.49. The number of nitrogens with one attached hydrogen (secondary N) is 1. The zero-order valence-corrected chi connectivity index (χ0v) is 10.3. The maximum atomic E-state index is 13.5. The van der Waals surface area contributed by atoms with Gasteiger partial charge in [-0.1, -0.05) is 18.3 Å². The van der Waals surface area contributed by atoms with Gasteiger partial charge < -0.3 is 15.8 Å². The molecule has 1 atom stereocenters. The number of likely N-dealkylation sites (N-methyl/N-ethyl adjacent to an activating group) is 1. The molecule has 3 N–H and O–H groups in total. The van der Waals surface area contributed by atoms with Crippen LogP contribution in [-0.2, 0) is 4.79 Å². The minimum Gasteiger partial charge on any atom is -0.480 e. The summed E-state index contributed by atoms with van der Waals surface area (Å²) in [5.74, 6) is -0.726. The predicted octanol–water partition coefficient (Wildman–Crippen LogP) is 0.973. The van der Waals surface area contributed by atoms with E-state index in [0.717, 1.165) is 0 Å². The van der Waals surface area contributed by atoms with Gasteiger partial charge in [0.1, 0.15) is 16.6 Å². The first-order chi connectivity index (χ1) is 7.97. The quantitative estimate of drug-likeness (QED) is 0.788. The average Bonchev–Trinajstić information content (AvgIpc) is 2.27. The number of hydrogen-bond donors (Lipinski definition) is 2. The van der Waals surface area contributed by atoms with Crippen LogP contribution in [0.25, 0.3) is 0 Å². The molecule has 1 unspecified atom stereocenters. The van der Waals surface area contributed by atoms with E-state index in [-0.39, 0.29) is 22.2 Å². The van der Waals surface area contributed by atoms with Crippen LogP contribution < -0.4 is 15.8 Å². The van der Waals surface area contributed by atoms with E-state index in [1.807, 2.05) is 0 Å². The average molecular weight is 256 g/mol. The van der Waals surface area contributed by atoms with Gasteiger partial charge in [0.05, 0.1) is 5.56 Å². The molecule has 0 aromatic heterocycles. The van der Waals surface area contributed by atoms with Gasteiger partial charge in [0.25, 0.3) is 5.91 Å². The van der Waals surface area contributed by atoms with Crippen LogP contribution >= 0.6 is 12.2 Å². The summed E-state index contributed by atoms with van der Waals surface area (Å²) in [4.78, 5) is 11.2. The topological polar surface area (TPSA) is 64.3 Å². The number of hydrogen-bond acceptors (Lipinski definition) is 3. The number of benzene rings is 1. The van der Waals surface area contributed by atoms with Crippen LogP contribution in [0.3, 0.4) is 0 Å². The van der Waals surface area contributed by atoms with E-state index >= 15 is 0 Å². The molecule has 0 saturated heterocycles. The lowest BCUT2D eigenvalue weighted by Gasteiger charge is -2.16. The molecule has 0 aliphatic heterocycles. The van der Waals surface area contributed by atoms with Crippen LogP contribution in [-0.4, -0.2) is 24.0 Å². The van der Waals surface area contributed by atoms with Gasteiger partial charge in [-0.15, -0.1) is 0 Å². The lowest BCUT2D eigenvalue weighted by molar-refractivity contribution is -0.126. The van der Waals surface area contributed by atoms with Crippen molar-refractivity contribution in [1.82, 2.24) is 5.32 Å². The Hall–Kier alpha value is -1.69. The smallest absolute Gasteiger partial charge is 0.260 e. The predicted molar refractivity (Wildman–Crippen MR) is 66.4 cm³/mol. The number of nitrogens with two attached hydrogens (primary N) is 1. The van der Waals surface area contributed by atoms with Gasteiger partial charge in [-0.3, -0.25) is 4.79 Å². The van der Waals surface area contributed by atoms with Gasteiger partial charge in [-0.25, -0.2) is 4.39 Å². The van der Waals surface area contributed by atoms with Crippen LogP contribution in [0, 0.1) is 5.82 Å². The van der Waals surface area contributed by atoms with Crippen LogP contribution in [0.5, 0.6) is 5.75 Å². The summed E-state index contributed by atoms with van der Waals surface area (Å²) in [5, 5.41) is 2.43. The van der Waals surface area contributed by atoms with Crippen molar-refractivity contribution in [2.24, 2.45) is 5.73 Å². The fourth-order valence-electron chi connectivity index (χ4n) is 1.29. The van der Waals surface area contributed by atoms with E-state index in [1.165, 1.54) is 25.2 Å². The highest BCUT2D eigenvalue weighted by Crippen LogP contribution is 2.22. The van der Waals surface area contributed by atoms with E-state index in [2.05, 4.69) is 5.32 Å². The molecular formula is C11H13FN2O2S. The molecule has 0 aliphatic rings. The Balaban J connectivity index is 3.02. The third-order valence-corrected chi connectivity index (χ3v) is 2.35. The highest BCUT2D eigenvalue weighted by Gasteiger charge is 2.18. The number of halogens is 1. The molecule has 1 amide bonds. The summed E-state index contributed by atoms with van der Waals surface area (Å²) >= 11 is 4.74. The maximum Gasteiger partial charge on any atom is 0.260 e. The van der Waals surface area contributed by atoms with E-state index < -0.39 is 11.9 Å². The van der Waals surface area contributed by atoms with Crippen molar-refractivity contribution < 1.29 is 13.9 Å². The molecule has 1 aromatic carbocycles. The first kappa shape index (κ1) is 13.4. The monoisotopic (exact) mass is 256 g/mol. The number of ether oxygens (including phenoxy) is 1. The molecule has 0 radical (unpaired) electrons. The lowest BCUT2D eigenvalue weighted by atomic mass is 10.2. The summed E-state index contributed by atoms with van der Waals surface area (Å²) in [6.07, 6.45) is -0.755. The third kappa shape index (κ3) is 3.13. The first-order valence-electron chi connectivity index (χ1n) is 4.94. The Bertz CT molecular complexity index is 451. The third-order valence-electron chi connectivity index (χ3n) is 2.14. The molecule has 0 aliphatic carbocycles. The molecular weight excluding hydrogens is 243 g/mol. The molecule has 0 saturated carbocycles. The number of carbonyl (C=O) groups excluding carboxylic acids is 1. The van der Waals surface area contributed by atoms with Crippen molar-refractivity contribution in [3.05, 3.63) is 29.6 Å². The van der Waals surface area contributed by atoms with E-state index in [0.29, 0.717) is 0 Å². The van der Waals surface area contributed by atoms with Crippen LogP contribution in [0.2, 0.25) is 0 Å². The lowest BCUT2D eigenvalue weighted by Crippen LogP contribution is -2.34. The fourth-order valence-corrected chi connectivity index (χ4v) is 1.49. The number of carbonyl (C=O) groups is 1. The molecule has 0 fully saturated rings. The van der Waals surface area contributed by atoms with Gasteiger partial charge in [0.15, 0.2) is 6.10 Å². The summed E-state index contributed by atoms with van der Waals surface area (Å²) in [7, 11) is 1.49. The van der Waals surface area contributed by atoms with Crippen LogP contribution in [0.4, 0.5) is 4.39 Å². The van der Waals surface area contributed by atoms with Gasteiger partial charge in [0, 0.05) is 7.05 Å². The Morgan fingerprint density at radius 3 is 2.76 bits per heavy atom. The Labute approximate surface area is 104 Å². The summed E-state index contributed by atoms with van der Waals surface area (Å²) in [6, 6.07) is 4.20. The second kappa shape index (κ2) is 5.58. The van der Waals surface area contributed by atoms with Crippen molar-refractivity contribution in [2.45, 2.75) is 13.0 Å². The molecule has 0 spiro atoms. The molecule has 6 heteroatoms. The van der Waals surface area contributed by atoms with Crippen LogP contribution in [0.1, 0.15) is 12.5 Å². The Morgan fingerprint density at radius 1 is 1.59 bits per heavy atom. The van der Waals surface area contributed by atoms with Crippen molar-refractivity contribution in [3.63, 3.8) is 0 Å². The minimum atomic E-state index is -0.755. The molecule has 17 heavy (non-hydrogen) atoms. The van der Waals surface area contributed by atoms with E-state index in [4.69, 9.17) is 22.7 Å². The summed E-state index contributed by atoms with van der Waals surface area (Å²) < 4.78 is 18.8. The SMILES string of the molecule is CNC(=O)C(C)Oc1cccc(F)c1C(N)=S. The van der Waals surface area contributed by atoms with Gasteiger partial charge in [-0.05, 0) is 19.1 Å². The second-order valence-corrected chi connectivity index (χ2v) is 3.79. The number of amides is 1. The normalized spacial score (nSPS) is 11.7. The molecule has 92 valence electrons. The highest BCUT2D eigenvalue weighted by molar-refractivity contribution is 7.80. The van der Waals surface area contributed by atoms with E-state index in [9.17, 15) is 9.18 Å². The van der Waals surface area contributed by atoms with Crippen molar-refractivity contribution in [1.29, 1.82) is 0 Å². The van der Waals surface area contributed by atoms with Gasteiger partial charge >= 0.3 is 0 Å². The fraction of sp³-hybridized carbons (Fsp3) is 0.273. The second-order valence-electron chi connectivity index (χ2n) is 3.35. The van der Waals surface area contributed by atoms with Gasteiger partial charge in [0.2, 0.25) is 0 Å². The van der Waals surface area contributed by atoms with Crippen molar-refractivity contribution in [2.75, 3.05) is 7.05 Å². The summed E-state index contributed by atoms with van der Waals surface area (Å²) in [5.41, 5.74) is 5.42. The molecule has 1 rings (SSSR count). The summed E-state index contributed by atoms with van der Waals surface area (Å²) in [6.45, 7) is 1.55. The Kier molecular flexibility index (Phi) is 4.39. The highest BCUT2D eigenvalue weighted by atomic mass is 32.1. The molecule has 4 nitrogen and oxygen atoms in total. The largest absolute Gasteiger partial charge is 0.480 e. The maximum absolute atomic E-state index is 13.5. The van der Waals surface area contributed by atoms with Crippen molar-refractivity contribution in [3.8, 4) is 5.75 Å². The molecule has 0 heterocycles. The van der Waals surface area contributed by atoms with Crippen LogP contribution in [0.15, 0.2) is 18.2 Å². The Morgan fingerprint density at radius 2 is 2.24 bits per heavy atom. The van der Waals surface area contributed by atoms with Crippen molar-refractivity contribution >= 4 is 23.1 Å². The standard InChI is InChI=1S/C11H13FN2O2S/c1-6(11(15)14-2)16-8-5-3-4-7(12)9(8)10(13)17/h3-6H,1-2H3,(H2,13,17)(H,14,15). The number of rotatable bonds is 4. The molecule has 1 aromatic rings.